The molecule has 0 aliphatic carbocycles. The number of nitrogens with zero attached hydrogens (tertiary/aromatic N) is 1. The molecule has 196 valence electrons. The smallest absolute Gasteiger partial charge is 0.188 e. The second-order valence-electron chi connectivity index (χ2n) is 9.74. The molecule has 0 aromatic heterocycles. The van der Waals surface area contributed by atoms with Crippen LogP contribution >= 0.6 is 23.2 Å². The molecule has 5 rings (SSSR count). The Hall–Kier alpha value is -2.77. The van der Waals surface area contributed by atoms with E-state index in [4.69, 9.17) is 23.2 Å². The van der Waals surface area contributed by atoms with Crippen LogP contribution in [0.15, 0.2) is 102 Å². The number of hydrogen-bond acceptors (Lipinski definition) is 3. The number of hydrogen-bond donors (Lipinski definition) is 0. The molecule has 0 unspecified atom stereocenters. The SMILES string of the molecule is C[C@@](c1cc(F)cc(F)c1)(C1CN(C(c2ccc(Cl)cc2)c2ccc(Cl)cc2)C1)S(=O)(=O)c1ccccc1. The van der Waals surface area contributed by atoms with Crippen LogP contribution in [0.4, 0.5) is 8.78 Å². The van der Waals surface area contributed by atoms with E-state index in [2.05, 4.69) is 4.90 Å². The number of rotatable bonds is 7. The summed E-state index contributed by atoms with van der Waals surface area (Å²) in [5.41, 5.74) is 2.07. The minimum atomic E-state index is -4.03. The lowest BCUT2D eigenvalue weighted by atomic mass is 9.79. The fourth-order valence-electron chi connectivity index (χ4n) is 5.27. The first-order chi connectivity index (χ1) is 18.1. The van der Waals surface area contributed by atoms with Gasteiger partial charge in [-0.3, -0.25) is 4.90 Å². The highest BCUT2D eigenvalue weighted by atomic mass is 35.5. The predicted molar refractivity (Wildman–Crippen MR) is 147 cm³/mol. The Morgan fingerprint density at radius 3 is 1.74 bits per heavy atom. The highest BCUT2D eigenvalue weighted by Gasteiger charge is 2.54. The van der Waals surface area contributed by atoms with E-state index in [1.54, 1.807) is 25.1 Å². The van der Waals surface area contributed by atoms with Gasteiger partial charge >= 0.3 is 0 Å². The lowest BCUT2D eigenvalue weighted by Gasteiger charge is -2.51. The topological polar surface area (TPSA) is 37.4 Å². The fraction of sp³-hybridized carbons (Fsp3) is 0.200. The van der Waals surface area contributed by atoms with Crippen LogP contribution in [0.3, 0.4) is 0 Å². The molecule has 1 aliphatic heterocycles. The van der Waals surface area contributed by atoms with Gasteiger partial charge in [0.2, 0.25) is 0 Å². The van der Waals surface area contributed by atoms with Crippen molar-refractivity contribution < 1.29 is 17.2 Å². The second-order valence-corrected chi connectivity index (χ2v) is 12.9. The zero-order valence-corrected chi connectivity index (χ0v) is 22.8. The Morgan fingerprint density at radius 2 is 1.26 bits per heavy atom. The van der Waals surface area contributed by atoms with Crippen LogP contribution in [0.2, 0.25) is 10.0 Å². The minimum absolute atomic E-state index is 0.0954. The largest absolute Gasteiger partial charge is 0.292 e. The van der Waals surface area contributed by atoms with Crippen LogP contribution < -0.4 is 0 Å². The Morgan fingerprint density at radius 1 is 0.789 bits per heavy atom. The summed E-state index contributed by atoms with van der Waals surface area (Å²) in [6, 6.07) is 25.9. The molecular formula is C30H25Cl2F2NO2S. The van der Waals surface area contributed by atoms with Crippen molar-refractivity contribution in [2.75, 3.05) is 13.1 Å². The van der Waals surface area contributed by atoms with Gasteiger partial charge in [-0.25, -0.2) is 17.2 Å². The van der Waals surface area contributed by atoms with E-state index in [-0.39, 0.29) is 16.5 Å². The number of sulfone groups is 1. The summed E-state index contributed by atoms with van der Waals surface area (Å²) in [7, 11) is -4.03. The maximum atomic E-state index is 14.4. The van der Waals surface area contributed by atoms with E-state index in [0.717, 1.165) is 29.3 Å². The van der Waals surface area contributed by atoms with E-state index in [9.17, 15) is 17.2 Å². The Balaban J connectivity index is 1.56. The van der Waals surface area contributed by atoms with Gasteiger partial charge in [0.05, 0.1) is 10.9 Å². The summed E-state index contributed by atoms with van der Waals surface area (Å²) in [5, 5.41) is 1.22. The van der Waals surface area contributed by atoms with Crippen LogP contribution in [0.5, 0.6) is 0 Å². The summed E-state index contributed by atoms with van der Waals surface area (Å²) in [4.78, 5) is 2.27. The number of halogens is 4. The normalized spacial score (nSPS) is 16.3. The average Bonchev–Trinajstić information content (AvgIpc) is 2.87. The molecule has 0 saturated carbocycles. The predicted octanol–water partition coefficient (Wildman–Crippen LogP) is 7.68. The van der Waals surface area contributed by atoms with Crippen molar-refractivity contribution in [1.29, 1.82) is 0 Å². The molecule has 0 bridgehead atoms. The zero-order chi connectivity index (χ0) is 27.1. The van der Waals surface area contributed by atoms with Crippen molar-refractivity contribution in [2.24, 2.45) is 5.92 Å². The van der Waals surface area contributed by atoms with Gasteiger partial charge in [-0.15, -0.1) is 0 Å². The highest BCUT2D eigenvalue weighted by molar-refractivity contribution is 7.92. The molecule has 3 nitrogen and oxygen atoms in total. The Bertz CT molecular complexity index is 1480. The monoisotopic (exact) mass is 571 g/mol. The van der Waals surface area contributed by atoms with E-state index in [0.29, 0.717) is 23.1 Å². The maximum absolute atomic E-state index is 14.4. The van der Waals surface area contributed by atoms with Gasteiger partial charge in [-0.2, -0.15) is 0 Å². The quantitative estimate of drug-likeness (QED) is 0.228. The van der Waals surface area contributed by atoms with Crippen LogP contribution in [0, 0.1) is 17.6 Å². The fourth-order valence-corrected chi connectivity index (χ4v) is 7.54. The van der Waals surface area contributed by atoms with Crippen molar-refractivity contribution >= 4 is 33.0 Å². The molecule has 1 saturated heterocycles. The lowest BCUT2D eigenvalue weighted by Crippen LogP contribution is -2.58. The molecule has 1 aliphatic rings. The molecule has 0 radical (unpaired) electrons. The van der Waals surface area contributed by atoms with E-state index in [1.807, 2.05) is 48.5 Å². The standard InChI is InChI=1S/C30H25Cl2F2NO2S/c1-30(22-15-26(33)17-27(34)16-22,38(36,37)28-5-3-2-4-6-28)23-18-35(19-23)29(20-7-11-24(31)12-8-20)21-9-13-25(32)14-10-21/h2-17,23,29H,18-19H2,1H3/t30-/m1/s1. The summed E-state index contributed by atoms with van der Waals surface area (Å²) in [5.74, 6) is -2.06. The highest BCUT2D eigenvalue weighted by Crippen LogP contribution is 2.48. The van der Waals surface area contributed by atoms with Crippen molar-refractivity contribution in [1.82, 2.24) is 4.90 Å². The zero-order valence-electron chi connectivity index (χ0n) is 20.5. The van der Waals surface area contributed by atoms with E-state index in [1.165, 1.54) is 12.1 Å². The molecule has 0 spiro atoms. The summed E-state index contributed by atoms with van der Waals surface area (Å²) in [6.45, 7) is 2.35. The van der Waals surface area contributed by atoms with Gasteiger partial charge in [0.25, 0.3) is 0 Å². The van der Waals surface area contributed by atoms with E-state index >= 15 is 0 Å². The van der Waals surface area contributed by atoms with Crippen molar-refractivity contribution in [3.05, 3.63) is 135 Å². The molecule has 4 aromatic carbocycles. The van der Waals surface area contributed by atoms with Crippen LogP contribution in [0.25, 0.3) is 0 Å². The molecule has 0 N–H and O–H groups in total. The number of benzene rings is 4. The van der Waals surface area contributed by atoms with Crippen LogP contribution in [-0.2, 0) is 14.6 Å². The second kappa shape index (κ2) is 10.4. The lowest BCUT2D eigenvalue weighted by molar-refractivity contribution is 0.0437. The van der Waals surface area contributed by atoms with Crippen LogP contribution in [0.1, 0.15) is 29.7 Å². The first kappa shape index (κ1) is 26.8. The summed E-state index contributed by atoms with van der Waals surface area (Å²) < 4.78 is 55.4. The van der Waals surface area contributed by atoms with Gasteiger partial charge in [-0.1, -0.05) is 65.7 Å². The molecule has 1 heterocycles. The maximum Gasteiger partial charge on any atom is 0.188 e. The third-order valence-corrected chi connectivity index (χ3v) is 10.6. The van der Waals surface area contributed by atoms with Gasteiger partial charge in [0.15, 0.2) is 9.84 Å². The molecule has 0 amide bonds. The van der Waals surface area contributed by atoms with Crippen molar-refractivity contribution in [2.45, 2.75) is 22.6 Å². The van der Waals surface area contributed by atoms with Crippen LogP contribution in [-0.4, -0.2) is 26.4 Å². The van der Waals surface area contributed by atoms with Gasteiger partial charge in [0.1, 0.15) is 16.4 Å². The third kappa shape index (κ3) is 4.87. The third-order valence-electron chi connectivity index (χ3n) is 7.47. The Labute approximate surface area is 231 Å². The van der Waals surface area contributed by atoms with Gasteiger partial charge < -0.3 is 0 Å². The minimum Gasteiger partial charge on any atom is -0.292 e. The summed E-state index contributed by atoms with van der Waals surface area (Å²) >= 11 is 12.3. The summed E-state index contributed by atoms with van der Waals surface area (Å²) in [6.07, 6.45) is 0. The Kier molecular flexibility index (Phi) is 7.35. The average molecular weight is 573 g/mol. The molecule has 1 atom stereocenters. The molecule has 8 heteroatoms. The van der Waals surface area contributed by atoms with Crippen molar-refractivity contribution in [3.63, 3.8) is 0 Å². The van der Waals surface area contributed by atoms with Gasteiger partial charge in [0, 0.05) is 35.1 Å². The number of likely N-dealkylation sites (tertiary alicyclic amines) is 1. The first-order valence-electron chi connectivity index (χ1n) is 12.1. The molecule has 1 fully saturated rings. The first-order valence-corrected chi connectivity index (χ1v) is 14.3. The molecule has 4 aromatic rings. The van der Waals surface area contributed by atoms with Gasteiger partial charge in [-0.05, 0) is 72.1 Å². The molecular weight excluding hydrogens is 547 g/mol. The van der Waals surface area contributed by atoms with Crippen molar-refractivity contribution in [3.8, 4) is 0 Å². The molecule has 38 heavy (non-hydrogen) atoms. The van der Waals surface area contributed by atoms with E-state index < -0.39 is 32.1 Å².